The minimum Gasteiger partial charge on any atom is -0.306 e. The third-order valence-corrected chi connectivity index (χ3v) is 3.80. The molecule has 0 spiro atoms. The Balaban J connectivity index is 1.96. The molecular formula is C10H14N2O3S. The molecule has 1 aromatic rings. The van der Waals surface area contributed by atoms with Crippen molar-refractivity contribution in [3.8, 4) is 0 Å². The molecule has 1 amide bonds. The normalized spacial score (nSPS) is 21.6. The molecule has 0 radical (unpaired) electrons. The Hall–Kier alpha value is -1.14. The third kappa shape index (κ3) is 2.51. The quantitative estimate of drug-likeness (QED) is 0.606. The highest BCUT2D eigenvalue weighted by Gasteiger charge is 2.23. The van der Waals surface area contributed by atoms with Crippen LogP contribution in [0.15, 0.2) is 11.6 Å². The van der Waals surface area contributed by atoms with Crippen molar-refractivity contribution in [3.05, 3.63) is 16.6 Å². The summed E-state index contributed by atoms with van der Waals surface area (Å²) in [6.07, 6.45) is 3.98. The van der Waals surface area contributed by atoms with Gasteiger partial charge < -0.3 is 4.90 Å². The maximum atomic E-state index is 11.2. The van der Waals surface area contributed by atoms with Crippen molar-refractivity contribution in [2.45, 2.75) is 25.2 Å². The lowest BCUT2D eigenvalue weighted by Gasteiger charge is -2.16. The SMILES string of the molecule is O=C(OO)N1CCCC(c2nccs2)CC1. The predicted octanol–water partition coefficient (Wildman–Crippen LogP) is 2.32. The fourth-order valence-corrected chi connectivity index (χ4v) is 2.83. The fraction of sp³-hybridized carbons (Fsp3) is 0.600. The standard InChI is InChI=1S/C10H14N2O3S/c13-10(15-14)12-5-1-2-8(3-6-12)9-11-4-7-16-9/h4,7-8,14H,1-3,5-6H2. The van der Waals surface area contributed by atoms with Crippen molar-refractivity contribution in [2.75, 3.05) is 13.1 Å². The Morgan fingerprint density at radius 1 is 1.56 bits per heavy atom. The number of thiazole rings is 1. The van der Waals surface area contributed by atoms with Crippen molar-refractivity contribution >= 4 is 17.4 Å². The lowest BCUT2D eigenvalue weighted by molar-refractivity contribution is -0.187. The zero-order chi connectivity index (χ0) is 11.4. The molecule has 0 aromatic carbocycles. The number of rotatable bonds is 1. The summed E-state index contributed by atoms with van der Waals surface area (Å²) in [4.78, 5) is 20.7. The second kappa shape index (κ2) is 5.27. The predicted molar refractivity (Wildman–Crippen MR) is 59.4 cm³/mol. The first kappa shape index (κ1) is 11.3. The minimum absolute atomic E-state index is 0.427. The molecule has 16 heavy (non-hydrogen) atoms. The van der Waals surface area contributed by atoms with Gasteiger partial charge in [-0.1, -0.05) is 0 Å². The summed E-state index contributed by atoms with van der Waals surface area (Å²) in [6, 6.07) is 0. The van der Waals surface area contributed by atoms with Gasteiger partial charge in [0.1, 0.15) is 0 Å². The molecule has 1 aromatic heterocycles. The highest BCUT2D eigenvalue weighted by molar-refractivity contribution is 7.09. The number of likely N-dealkylation sites (tertiary alicyclic amines) is 1. The first-order valence-corrected chi connectivity index (χ1v) is 6.19. The van der Waals surface area contributed by atoms with Gasteiger partial charge in [-0.15, -0.1) is 11.3 Å². The number of amides is 1. The largest absolute Gasteiger partial charge is 0.441 e. The second-order valence-corrected chi connectivity index (χ2v) is 4.77. The van der Waals surface area contributed by atoms with Crippen molar-refractivity contribution in [2.24, 2.45) is 0 Å². The van der Waals surface area contributed by atoms with Crippen LogP contribution in [-0.2, 0) is 4.89 Å². The van der Waals surface area contributed by atoms with Gasteiger partial charge in [0.15, 0.2) is 0 Å². The molecule has 1 aliphatic rings. The molecule has 6 heteroatoms. The minimum atomic E-state index is -0.653. The van der Waals surface area contributed by atoms with Gasteiger partial charge in [-0.3, -0.25) is 4.89 Å². The van der Waals surface area contributed by atoms with Crippen LogP contribution in [0.25, 0.3) is 0 Å². The van der Waals surface area contributed by atoms with E-state index in [9.17, 15) is 4.79 Å². The van der Waals surface area contributed by atoms with Crippen LogP contribution >= 0.6 is 11.3 Å². The summed E-state index contributed by atoms with van der Waals surface area (Å²) in [5.41, 5.74) is 0. The van der Waals surface area contributed by atoms with Crippen LogP contribution in [0.5, 0.6) is 0 Å². The molecule has 0 saturated carbocycles. The first-order valence-electron chi connectivity index (χ1n) is 5.31. The molecule has 5 nitrogen and oxygen atoms in total. The zero-order valence-corrected chi connectivity index (χ0v) is 9.65. The highest BCUT2D eigenvalue weighted by Crippen LogP contribution is 2.29. The zero-order valence-electron chi connectivity index (χ0n) is 8.83. The number of hydrogen-bond acceptors (Lipinski definition) is 5. The van der Waals surface area contributed by atoms with Crippen LogP contribution in [0, 0.1) is 0 Å². The average Bonchev–Trinajstić information content (AvgIpc) is 2.73. The van der Waals surface area contributed by atoms with E-state index in [1.54, 1.807) is 11.3 Å². The van der Waals surface area contributed by atoms with Gasteiger partial charge in [0.2, 0.25) is 0 Å². The van der Waals surface area contributed by atoms with E-state index in [-0.39, 0.29) is 0 Å². The molecule has 1 atom stereocenters. The van der Waals surface area contributed by atoms with Crippen LogP contribution in [0.3, 0.4) is 0 Å². The maximum absolute atomic E-state index is 11.2. The number of aromatic nitrogens is 1. The Kier molecular flexibility index (Phi) is 3.74. The van der Waals surface area contributed by atoms with Gasteiger partial charge in [-0.2, -0.15) is 5.26 Å². The molecule has 1 aliphatic heterocycles. The fourth-order valence-electron chi connectivity index (χ4n) is 2.02. The molecule has 1 N–H and O–H groups in total. The van der Waals surface area contributed by atoms with Crippen molar-refractivity contribution in [3.63, 3.8) is 0 Å². The van der Waals surface area contributed by atoms with E-state index in [1.807, 2.05) is 11.6 Å². The van der Waals surface area contributed by atoms with Crippen LogP contribution < -0.4 is 0 Å². The number of carbonyl (C=O) groups is 1. The average molecular weight is 242 g/mol. The third-order valence-electron chi connectivity index (χ3n) is 2.87. The van der Waals surface area contributed by atoms with Crippen molar-refractivity contribution < 1.29 is 14.9 Å². The van der Waals surface area contributed by atoms with E-state index in [2.05, 4.69) is 9.87 Å². The van der Waals surface area contributed by atoms with Gasteiger partial charge >= 0.3 is 6.09 Å². The molecule has 88 valence electrons. The molecule has 1 saturated heterocycles. The van der Waals surface area contributed by atoms with Crippen LogP contribution in [0.4, 0.5) is 4.79 Å². The molecule has 2 rings (SSSR count). The monoisotopic (exact) mass is 242 g/mol. The molecule has 1 fully saturated rings. The topological polar surface area (TPSA) is 62.7 Å². The van der Waals surface area contributed by atoms with E-state index < -0.39 is 6.09 Å². The summed E-state index contributed by atoms with van der Waals surface area (Å²) in [5.74, 6) is 0.427. The van der Waals surface area contributed by atoms with Gasteiger partial charge in [0.05, 0.1) is 5.01 Å². The van der Waals surface area contributed by atoms with E-state index in [1.165, 1.54) is 4.90 Å². The highest BCUT2D eigenvalue weighted by atomic mass is 32.1. The summed E-state index contributed by atoms with van der Waals surface area (Å²) < 4.78 is 0. The lowest BCUT2D eigenvalue weighted by atomic mass is 10.0. The second-order valence-electron chi connectivity index (χ2n) is 3.84. The van der Waals surface area contributed by atoms with E-state index in [0.717, 1.165) is 24.3 Å². The van der Waals surface area contributed by atoms with Gasteiger partial charge in [-0.05, 0) is 19.3 Å². The number of nitrogens with zero attached hydrogens (tertiary/aromatic N) is 2. The molecule has 1 unspecified atom stereocenters. The number of carbonyl (C=O) groups excluding carboxylic acids is 1. The van der Waals surface area contributed by atoms with Gasteiger partial charge in [-0.25, -0.2) is 9.78 Å². The maximum Gasteiger partial charge on any atom is 0.441 e. The summed E-state index contributed by atoms with van der Waals surface area (Å²) in [5, 5.41) is 11.4. The van der Waals surface area contributed by atoms with Crippen LogP contribution in [-0.4, -0.2) is 34.3 Å². The Morgan fingerprint density at radius 2 is 2.44 bits per heavy atom. The molecule has 0 bridgehead atoms. The van der Waals surface area contributed by atoms with Crippen LogP contribution in [0.1, 0.15) is 30.2 Å². The smallest absolute Gasteiger partial charge is 0.306 e. The van der Waals surface area contributed by atoms with E-state index in [4.69, 9.17) is 5.26 Å². The molecule has 2 heterocycles. The molecule has 0 aliphatic carbocycles. The number of hydrogen-bond donors (Lipinski definition) is 1. The molecular weight excluding hydrogens is 228 g/mol. The Morgan fingerprint density at radius 3 is 3.12 bits per heavy atom. The Bertz CT molecular complexity index is 342. The van der Waals surface area contributed by atoms with Gasteiger partial charge in [0, 0.05) is 30.6 Å². The lowest BCUT2D eigenvalue weighted by Crippen LogP contribution is -2.31. The van der Waals surface area contributed by atoms with Crippen molar-refractivity contribution in [1.29, 1.82) is 0 Å². The summed E-state index contributed by atoms with van der Waals surface area (Å²) in [7, 11) is 0. The summed E-state index contributed by atoms with van der Waals surface area (Å²) in [6.45, 7) is 1.25. The first-order chi connectivity index (χ1) is 7.81. The van der Waals surface area contributed by atoms with Crippen LogP contribution in [0.2, 0.25) is 0 Å². The Labute approximate surface area is 97.6 Å². The summed E-state index contributed by atoms with van der Waals surface area (Å²) >= 11 is 1.66. The van der Waals surface area contributed by atoms with E-state index in [0.29, 0.717) is 19.0 Å². The van der Waals surface area contributed by atoms with E-state index >= 15 is 0 Å². The van der Waals surface area contributed by atoms with Gasteiger partial charge in [0.25, 0.3) is 0 Å². The van der Waals surface area contributed by atoms with Crippen molar-refractivity contribution in [1.82, 2.24) is 9.88 Å².